The van der Waals surface area contributed by atoms with Gasteiger partial charge in [-0.25, -0.2) is 0 Å². The van der Waals surface area contributed by atoms with Crippen LogP contribution >= 0.6 is 12.2 Å². The first-order valence-corrected chi connectivity index (χ1v) is 7.09. The third kappa shape index (κ3) is 3.54. The Morgan fingerprint density at radius 3 is 3.05 bits per heavy atom. The van der Waals surface area contributed by atoms with Gasteiger partial charge in [0, 0.05) is 6.42 Å². The third-order valence-electron chi connectivity index (χ3n) is 2.69. The molecule has 1 aromatic heterocycles. The first-order chi connectivity index (χ1) is 9.74. The fourth-order valence-corrected chi connectivity index (χ4v) is 1.90. The molecule has 0 radical (unpaired) electrons. The molecule has 20 heavy (non-hydrogen) atoms. The standard InChI is InChI=1S/C14H18N4OS/c1-3-8-19-12-7-5-6-11(9-12)10-15-18-13(4-2)16-17-14(18)20/h5-7,9-10H,3-4,8H2,1-2H3,(H,17,20)/b15-10-. The topological polar surface area (TPSA) is 55.2 Å². The van der Waals surface area contributed by atoms with Gasteiger partial charge in [0.1, 0.15) is 5.75 Å². The lowest BCUT2D eigenvalue weighted by Crippen LogP contribution is -1.98. The van der Waals surface area contributed by atoms with E-state index in [1.54, 1.807) is 10.9 Å². The Bertz CT molecular complexity index is 645. The fraction of sp³-hybridized carbons (Fsp3) is 0.357. The molecule has 0 bridgehead atoms. The van der Waals surface area contributed by atoms with Crippen molar-refractivity contribution in [2.45, 2.75) is 26.7 Å². The number of hydrogen-bond acceptors (Lipinski definition) is 4. The Morgan fingerprint density at radius 1 is 1.45 bits per heavy atom. The van der Waals surface area contributed by atoms with Crippen molar-refractivity contribution in [3.05, 3.63) is 40.4 Å². The minimum Gasteiger partial charge on any atom is -0.494 e. The van der Waals surface area contributed by atoms with Crippen LogP contribution in [0.25, 0.3) is 0 Å². The maximum absolute atomic E-state index is 5.59. The quantitative estimate of drug-likeness (QED) is 0.656. The van der Waals surface area contributed by atoms with Gasteiger partial charge >= 0.3 is 0 Å². The van der Waals surface area contributed by atoms with Crippen LogP contribution in [0.2, 0.25) is 0 Å². The van der Waals surface area contributed by atoms with Crippen LogP contribution in [0.15, 0.2) is 29.4 Å². The summed E-state index contributed by atoms with van der Waals surface area (Å²) < 4.78 is 7.72. The average molecular weight is 290 g/mol. The molecular weight excluding hydrogens is 272 g/mol. The molecule has 1 aromatic carbocycles. The van der Waals surface area contributed by atoms with Crippen LogP contribution in [0.4, 0.5) is 0 Å². The van der Waals surface area contributed by atoms with E-state index in [0.717, 1.165) is 30.0 Å². The molecule has 0 aliphatic carbocycles. The van der Waals surface area contributed by atoms with Crippen molar-refractivity contribution in [1.82, 2.24) is 14.9 Å². The third-order valence-corrected chi connectivity index (χ3v) is 2.95. The minimum atomic E-state index is 0.497. The molecule has 5 nitrogen and oxygen atoms in total. The maximum Gasteiger partial charge on any atom is 0.216 e. The highest BCUT2D eigenvalue weighted by Crippen LogP contribution is 2.12. The van der Waals surface area contributed by atoms with Gasteiger partial charge in [-0.15, -0.1) is 0 Å². The summed E-state index contributed by atoms with van der Waals surface area (Å²) in [6, 6.07) is 7.81. The fourth-order valence-electron chi connectivity index (χ4n) is 1.70. The highest BCUT2D eigenvalue weighted by Gasteiger charge is 2.01. The van der Waals surface area contributed by atoms with Crippen molar-refractivity contribution in [3.8, 4) is 5.75 Å². The summed E-state index contributed by atoms with van der Waals surface area (Å²) >= 11 is 5.14. The zero-order chi connectivity index (χ0) is 14.4. The number of aryl methyl sites for hydroxylation is 1. The van der Waals surface area contributed by atoms with Crippen molar-refractivity contribution >= 4 is 18.4 Å². The lowest BCUT2D eigenvalue weighted by molar-refractivity contribution is 0.317. The van der Waals surface area contributed by atoms with Crippen LogP contribution in [-0.4, -0.2) is 27.7 Å². The van der Waals surface area contributed by atoms with Crippen LogP contribution in [0, 0.1) is 4.77 Å². The summed E-state index contributed by atoms with van der Waals surface area (Å²) in [6.07, 6.45) is 3.51. The Kier molecular flexibility index (Phi) is 5.06. The molecule has 0 amide bonds. The minimum absolute atomic E-state index is 0.497. The van der Waals surface area contributed by atoms with E-state index >= 15 is 0 Å². The van der Waals surface area contributed by atoms with Gasteiger partial charge in [0.2, 0.25) is 4.77 Å². The van der Waals surface area contributed by atoms with Crippen molar-refractivity contribution in [3.63, 3.8) is 0 Å². The van der Waals surface area contributed by atoms with Gasteiger partial charge in [0.15, 0.2) is 5.82 Å². The number of H-pyrrole nitrogens is 1. The number of benzene rings is 1. The molecule has 0 fully saturated rings. The first-order valence-electron chi connectivity index (χ1n) is 6.68. The summed E-state index contributed by atoms with van der Waals surface area (Å²) in [6.45, 7) is 4.81. The monoisotopic (exact) mass is 290 g/mol. The molecule has 0 atom stereocenters. The zero-order valence-electron chi connectivity index (χ0n) is 11.7. The van der Waals surface area contributed by atoms with Crippen molar-refractivity contribution in [2.75, 3.05) is 6.61 Å². The van der Waals surface area contributed by atoms with E-state index in [1.807, 2.05) is 31.2 Å². The number of hydrogen-bond donors (Lipinski definition) is 1. The summed E-state index contributed by atoms with van der Waals surface area (Å²) in [4.78, 5) is 0. The van der Waals surface area contributed by atoms with Gasteiger partial charge in [-0.05, 0) is 36.3 Å². The first kappa shape index (κ1) is 14.5. The van der Waals surface area contributed by atoms with E-state index in [9.17, 15) is 0 Å². The molecule has 1 N–H and O–H groups in total. The molecule has 0 aliphatic heterocycles. The zero-order valence-corrected chi connectivity index (χ0v) is 12.5. The number of ether oxygens (including phenoxy) is 1. The number of nitrogens with one attached hydrogen (secondary N) is 1. The number of nitrogens with zero attached hydrogens (tertiary/aromatic N) is 3. The maximum atomic E-state index is 5.59. The molecule has 106 valence electrons. The Labute approximate surface area is 123 Å². The van der Waals surface area contributed by atoms with Crippen molar-refractivity contribution in [2.24, 2.45) is 5.10 Å². The lowest BCUT2D eigenvalue weighted by Gasteiger charge is -2.04. The average Bonchev–Trinajstić information content (AvgIpc) is 2.83. The van der Waals surface area contributed by atoms with Crippen LogP contribution in [0.1, 0.15) is 31.7 Å². The van der Waals surface area contributed by atoms with Crippen LogP contribution in [0.3, 0.4) is 0 Å². The van der Waals surface area contributed by atoms with Gasteiger partial charge in [0.05, 0.1) is 12.8 Å². The molecule has 0 saturated carbocycles. The predicted octanol–water partition coefficient (Wildman–Crippen LogP) is 3.17. The largest absolute Gasteiger partial charge is 0.494 e. The van der Waals surface area contributed by atoms with Crippen LogP contribution in [-0.2, 0) is 6.42 Å². The second-order valence-electron chi connectivity index (χ2n) is 4.28. The molecule has 0 saturated heterocycles. The Hall–Kier alpha value is -1.95. The summed E-state index contributed by atoms with van der Waals surface area (Å²) in [7, 11) is 0. The van der Waals surface area contributed by atoms with E-state index in [1.165, 1.54) is 0 Å². The molecule has 1 heterocycles. The second-order valence-corrected chi connectivity index (χ2v) is 4.66. The number of rotatable bonds is 6. The second kappa shape index (κ2) is 7.00. The number of aromatic amines is 1. The van der Waals surface area contributed by atoms with E-state index < -0.39 is 0 Å². The van der Waals surface area contributed by atoms with E-state index in [0.29, 0.717) is 11.4 Å². The van der Waals surface area contributed by atoms with E-state index in [2.05, 4.69) is 22.2 Å². The molecule has 2 aromatic rings. The van der Waals surface area contributed by atoms with E-state index in [-0.39, 0.29) is 0 Å². The van der Waals surface area contributed by atoms with Crippen LogP contribution in [0.5, 0.6) is 5.75 Å². The van der Waals surface area contributed by atoms with Gasteiger partial charge in [0.25, 0.3) is 0 Å². The Morgan fingerprint density at radius 2 is 2.30 bits per heavy atom. The molecule has 2 rings (SSSR count). The van der Waals surface area contributed by atoms with E-state index in [4.69, 9.17) is 17.0 Å². The summed E-state index contributed by atoms with van der Waals surface area (Å²) in [5, 5.41) is 11.2. The highest BCUT2D eigenvalue weighted by atomic mass is 32.1. The molecule has 6 heteroatoms. The highest BCUT2D eigenvalue weighted by molar-refractivity contribution is 7.71. The predicted molar refractivity (Wildman–Crippen MR) is 82.0 cm³/mol. The smallest absolute Gasteiger partial charge is 0.216 e. The van der Waals surface area contributed by atoms with Crippen molar-refractivity contribution < 1.29 is 4.74 Å². The molecule has 0 unspecified atom stereocenters. The molecular formula is C14H18N4OS. The van der Waals surface area contributed by atoms with Crippen molar-refractivity contribution in [1.29, 1.82) is 0 Å². The van der Waals surface area contributed by atoms with Crippen LogP contribution < -0.4 is 4.74 Å². The summed E-state index contributed by atoms with van der Waals surface area (Å²) in [5.74, 6) is 1.66. The lowest BCUT2D eigenvalue weighted by atomic mass is 10.2. The van der Waals surface area contributed by atoms with Gasteiger partial charge in [-0.3, -0.25) is 5.10 Å². The van der Waals surface area contributed by atoms with Gasteiger partial charge in [-0.2, -0.15) is 14.9 Å². The summed E-state index contributed by atoms with van der Waals surface area (Å²) in [5.41, 5.74) is 0.962. The SMILES string of the molecule is CCCOc1cccc(/C=N\n2c(CC)n[nH]c2=S)c1. The van der Waals surface area contributed by atoms with Gasteiger partial charge in [-0.1, -0.05) is 26.0 Å². The Balaban J connectivity index is 2.18. The van der Waals surface area contributed by atoms with Gasteiger partial charge < -0.3 is 4.74 Å². The number of aromatic nitrogens is 3. The molecule has 0 spiro atoms. The molecule has 0 aliphatic rings. The normalized spacial score (nSPS) is 11.1.